The molecule has 0 spiro atoms. The summed E-state index contributed by atoms with van der Waals surface area (Å²) in [4.78, 5) is 0. The summed E-state index contributed by atoms with van der Waals surface area (Å²) in [7, 11) is 1.60. The summed E-state index contributed by atoms with van der Waals surface area (Å²) in [5, 5.41) is 14.8. The number of aromatic nitrogens is 2. The van der Waals surface area contributed by atoms with Crippen molar-refractivity contribution in [1.29, 1.82) is 0 Å². The van der Waals surface area contributed by atoms with Crippen LogP contribution in [0.15, 0.2) is 6.20 Å². The standard InChI is InChI=1S/C11H19ClN2O2/c1-4-6-9(16-3)11(15)10-8(12)7-13-14(10)5-2/h7,9,11,15H,4-6H2,1-3H3. The summed E-state index contributed by atoms with van der Waals surface area (Å²) in [5.41, 5.74) is 0.643. The van der Waals surface area contributed by atoms with Crippen LogP contribution in [-0.4, -0.2) is 28.1 Å². The van der Waals surface area contributed by atoms with Crippen molar-refractivity contribution in [2.24, 2.45) is 0 Å². The summed E-state index contributed by atoms with van der Waals surface area (Å²) < 4.78 is 6.98. The molecular formula is C11H19ClN2O2. The average molecular weight is 247 g/mol. The zero-order valence-electron chi connectivity index (χ0n) is 9.98. The SMILES string of the molecule is CCCC(OC)C(O)c1c(Cl)cnn1CC. The average Bonchev–Trinajstić information content (AvgIpc) is 2.66. The maximum Gasteiger partial charge on any atom is 0.123 e. The molecule has 2 atom stereocenters. The molecule has 16 heavy (non-hydrogen) atoms. The number of halogens is 1. The van der Waals surface area contributed by atoms with Gasteiger partial charge in [0, 0.05) is 13.7 Å². The van der Waals surface area contributed by atoms with E-state index in [1.807, 2.05) is 6.92 Å². The summed E-state index contributed by atoms with van der Waals surface area (Å²) in [6.45, 7) is 4.69. The van der Waals surface area contributed by atoms with E-state index in [0.717, 1.165) is 12.8 Å². The highest BCUT2D eigenvalue weighted by Gasteiger charge is 2.25. The van der Waals surface area contributed by atoms with Gasteiger partial charge in [-0.3, -0.25) is 4.68 Å². The lowest BCUT2D eigenvalue weighted by atomic mass is 10.1. The molecule has 1 rings (SSSR count). The molecule has 92 valence electrons. The molecule has 1 heterocycles. The minimum Gasteiger partial charge on any atom is -0.384 e. The van der Waals surface area contributed by atoms with Crippen molar-refractivity contribution in [3.63, 3.8) is 0 Å². The Bertz CT molecular complexity index is 328. The van der Waals surface area contributed by atoms with E-state index in [9.17, 15) is 5.11 Å². The number of hydrogen-bond donors (Lipinski definition) is 1. The Balaban J connectivity index is 2.92. The normalized spacial score (nSPS) is 15.1. The van der Waals surface area contributed by atoms with E-state index in [2.05, 4.69) is 12.0 Å². The van der Waals surface area contributed by atoms with Gasteiger partial charge in [0.25, 0.3) is 0 Å². The summed E-state index contributed by atoms with van der Waals surface area (Å²) in [5.74, 6) is 0. The summed E-state index contributed by atoms with van der Waals surface area (Å²) >= 11 is 6.02. The van der Waals surface area contributed by atoms with Gasteiger partial charge < -0.3 is 9.84 Å². The number of methoxy groups -OCH3 is 1. The van der Waals surface area contributed by atoms with Gasteiger partial charge in [0.2, 0.25) is 0 Å². The molecule has 0 amide bonds. The highest BCUT2D eigenvalue weighted by molar-refractivity contribution is 6.31. The molecule has 2 unspecified atom stereocenters. The molecule has 0 saturated carbocycles. The van der Waals surface area contributed by atoms with E-state index in [1.165, 1.54) is 0 Å². The Labute approximate surface area is 101 Å². The molecule has 0 aliphatic rings. The van der Waals surface area contributed by atoms with Gasteiger partial charge >= 0.3 is 0 Å². The number of nitrogens with zero attached hydrogens (tertiary/aromatic N) is 2. The van der Waals surface area contributed by atoms with E-state index < -0.39 is 6.10 Å². The van der Waals surface area contributed by atoms with E-state index in [4.69, 9.17) is 16.3 Å². The van der Waals surface area contributed by atoms with Gasteiger partial charge in [-0.15, -0.1) is 0 Å². The summed E-state index contributed by atoms with van der Waals surface area (Å²) in [6.07, 6.45) is 2.35. The number of aryl methyl sites for hydroxylation is 1. The molecule has 0 aliphatic heterocycles. The predicted molar refractivity (Wildman–Crippen MR) is 63.6 cm³/mol. The van der Waals surface area contributed by atoms with Gasteiger partial charge in [0.1, 0.15) is 6.10 Å². The third-order valence-corrected chi connectivity index (χ3v) is 2.93. The molecule has 0 bridgehead atoms. The molecule has 0 fully saturated rings. The molecule has 1 N–H and O–H groups in total. The van der Waals surface area contributed by atoms with E-state index in [1.54, 1.807) is 18.0 Å². The van der Waals surface area contributed by atoms with E-state index in [0.29, 0.717) is 17.3 Å². The molecule has 0 saturated heterocycles. The van der Waals surface area contributed by atoms with Gasteiger partial charge in [0.05, 0.1) is 23.0 Å². The highest BCUT2D eigenvalue weighted by atomic mass is 35.5. The molecule has 5 heteroatoms. The zero-order valence-corrected chi connectivity index (χ0v) is 10.7. The molecule has 0 aromatic carbocycles. The van der Waals surface area contributed by atoms with Crippen LogP contribution in [0.1, 0.15) is 38.5 Å². The lowest BCUT2D eigenvalue weighted by molar-refractivity contribution is -0.0219. The fourth-order valence-electron chi connectivity index (χ4n) is 1.78. The van der Waals surface area contributed by atoms with Crippen LogP contribution < -0.4 is 0 Å². The third kappa shape index (κ3) is 2.75. The van der Waals surface area contributed by atoms with Crippen molar-refractivity contribution in [2.45, 2.75) is 45.4 Å². The second-order valence-corrected chi connectivity index (χ2v) is 4.11. The van der Waals surface area contributed by atoms with Crippen LogP contribution in [0.4, 0.5) is 0 Å². The Morgan fingerprint density at radius 1 is 1.56 bits per heavy atom. The fraction of sp³-hybridized carbons (Fsp3) is 0.727. The van der Waals surface area contributed by atoms with Crippen molar-refractivity contribution in [3.8, 4) is 0 Å². The first-order valence-corrected chi connectivity index (χ1v) is 5.95. The Morgan fingerprint density at radius 3 is 2.75 bits per heavy atom. The van der Waals surface area contributed by atoms with Gasteiger partial charge in [-0.1, -0.05) is 24.9 Å². The molecule has 4 nitrogen and oxygen atoms in total. The Morgan fingerprint density at radius 2 is 2.25 bits per heavy atom. The maximum absolute atomic E-state index is 10.2. The molecule has 0 aliphatic carbocycles. The van der Waals surface area contributed by atoms with Gasteiger partial charge in [-0.2, -0.15) is 5.10 Å². The minimum atomic E-state index is -0.722. The van der Waals surface area contributed by atoms with Gasteiger partial charge in [-0.25, -0.2) is 0 Å². The molecule has 1 aromatic heterocycles. The first-order chi connectivity index (χ1) is 7.65. The first kappa shape index (κ1) is 13.5. The van der Waals surface area contributed by atoms with Crippen molar-refractivity contribution in [2.75, 3.05) is 7.11 Å². The number of aliphatic hydroxyl groups is 1. The first-order valence-electron chi connectivity index (χ1n) is 5.57. The van der Waals surface area contributed by atoms with Crippen LogP contribution in [0.25, 0.3) is 0 Å². The smallest absolute Gasteiger partial charge is 0.123 e. The Kier molecular flexibility index (Phi) is 5.25. The van der Waals surface area contributed by atoms with Crippen molar-refractivity contribution < 1.29 is 9.84 Å². The van der Waals surface area contributed by atoms with Crippen molar-refractivity contribution >= 4 is 11.6 Å². The van der Waals surface area contributed by atoms with Gasteiger partial charge in [-0.05, 0) is 13.3 Å². The molecular weight excluding hydrogens is 228 g/mol. The van der Waals surface area contributed by atoms with Crippen LogP contribution in [0, 0.1) is 0 Å². The van der Waals surface area contributed by atoms with Crippen LogP contribution in [0.3, 0.4) is 0 Å². The van der Waals surface area contributed by atoms with E-state index >= 15 is 0 Å². The molecule has 1 aromatic rings. The van der Waals surface area contributed by atoms with Gasteiger partial charge in [0.15, 0.2) is 0 Å². The number of hydrogen-bond acceptors (Lipinski definition) is 3. The number of rotatable bonds is 6. The van der Waals surface area contributed by atoms with Crippen LogP contribution in [-0.2, 0) is 11.3 Å². The monoisotopic (exact) mass is 246 g/mol. The third-order valence-electron chi connectivity index (χ3n) is 2.64. The largest absolute Gasteiger partial charge is 0.384 e. The second kappa shape index (κ2) is 6.23. The van der Waals surface area contributed by atoms with Crippen molar-refractivity contribution in [3.05, 3.63) is 16.9 Å². The minimum absolute atomic E-state index is 0.232. The van der Waals surface area contributed by atoms with Crippen LogP contribution in [0.2, 0.25) is 5.02 Å². The quantitative estimate of drug-likeness (QED) is 0.839. The van der Waals surface area contributed by atoms with Crippen LogP contribution in [0.5, 0.6) is 0 Å². The lowest BCUT2D eigenvalue weighted by Gasteiger charge is -2.22. The number of aliphatic hydroxyl groups excluding tert-OH is 1. The maximum atomic E-state index is 10.2. The highest BCUT2D eigenvalue weighted by Crippen LogP contribution is 2.28. The second-order valence-electron chi connectivity index (χ2n) is 3.70. The Hall–Kier alpha value is -0.580. The predicted octanol–water partition coefficient (Wildman–Crippen LogP) is 2.40. The van der Waals surface area contributed by atoms with Crippen LogP contribution >= 0.6 is 11.6 Å². The lowest BCUT2D eigenvalue weighted by Crippen LogP contribution is -2.23. The fourth-order valence-corrected chi connectivity index (χ4v) is 2.04. The number of ether oxygens (including phenoxy) is 1. The molecule has 0 radical (unpaired) electrons. The summed E-state index contributed by atoms with van der Waals surface area (Å²) in [6, 6.07) is 0. The van der Waals surface area contributed by atoms with Crippen molar-refractivity contribution in [1.82, 2.24) is 9.78 Å². The topological polar surface area (TPSA) is 47.3 Å². The van der Waals surface area contributed by atoms with E-state index in [-0.39, 0.29) is 6.10 Å². The zero-order chi connectivity index (χ0) is 12.1.